The van der Waals surface area contributed by atoms with Gasteiger partial charge in [0.1, 0.15) is 3.82 Å². The largest absolute Gasteiger partial charge is 0.102 e. The summed E-state index contributed by atoms with van der Waals surface area (Å²) in [5.74, 6) is 0. The third kappa shape index (κ3) is 2.50. The second kappa shape index (κ2) is 4.82. The van der Waals surface area contributed by atoms with Gasteiger partial charge in [0.2, 0.25) is 0 Å². The Bertz CT molecular complexity index is 448. The zero-order valence-corrected chi connectivity index (χ0v) is 9.56. The van der Waals surface area contributed by atoms with Gasteiger partial charge < -0.3 is 0 Å². The first-order valence-corrected chi connectivity index (χ1v) is 6.49. The van der Waals surface area contributed by atoms with Crippen LogP contribution in [0.4, 0.5) is 0 Å². The van der Waals surface area contributed by atoms with Gasteiger partial charge in [0, 0.05) is 4.88 Å². The lowest BCUT2D eigenvalue weighted by atomic mass is 10.1. The molecule has 0 N–H and O–H groups in total. The van der Waals surface area contributed by atoms with E-state index in [-0.39, 0.29) is 7.43 Å². The number of rotatable bonds is 1. The maximum atomic E-state index is 5.09. The minimum Gasteiger partial charge on any atom is -0.0786 e. The van der Waals surface area contributed by atoms with Crippen LogP contribution in [0.1, 0.15) is 13.0 Å². The van der Waals surface area contributed by atoms with Crippen molar-refractivity contribution in [2.75, 3.05) is 0 Å². The normalized spacial score (nSPS) is 9.50. The van der Waals surface area contributed by atoms with Crippen LogP contribution in [0, 0.1) is 10.7 Å². The Morgan fingerprint density at radius 3 is 2.21 bits per heavy atom. The number of hydrogen-bond donors (Lipinski definition) is 0. The average molecular weight is 240 g/mol. The van der Waals surface area contributed by atoms with Gasteiger partial charge in [0.25, 0.3) is 0 Å². The molecule has 0 bridgehead atoms. The summed E-state index contributed by atoms with van der Waals surface area (Å²) in [7, 11) is 3.41. The summed E-state index contributed by atoms with van der Waals surface area (Å²) in [6.07, 6.45) is 0. The highest BCUT2D eigenvalue weighted by molar-refractivity contribution is 7.80. The maximum absolute atomic E-state index is 5.09. The minimum atomic E-state index is 0. The highest BCUT2D eigenvalue weighted by atomic mass is 32.9. The van der Waals surface area contributed by atoms with E-state index in [1.807, 2.05) is 0 Å². The molecule has 0 amide bonds. The minimum absolute atomic E-state index is 0. The van der Waals surface area contributed by atoms with Crippen LogP contribution >= 0.6 is 32.9 Å². The number of benzene rings is 1. The predicted octanol–water partition coefficient (Wildman–Crippen LogP) is 5.15. The molecule has 0 saturated heterocycles. The molecule has 0 saturated carbocycles. The van der Waals surface area contributed by atoms with Crippen LogP contribution in [-0.4, -0.2) is 0 Å². The lowest BCUT2D eigenvalue weighted by Crippen LogP contribution is -1.72. The summed E-state index contributed by atoms with van der Waals surface area (Å²) in [4.78, 5) is 1.27. The van der Waals surface area contributed by atoms with Crippen molar-refractivity contribution in [3.63, 3.8) is 0 Å². The fourth-order valence-electron chi connectivity index (χ4n) is 1.09. The molecule has 0 atom stereocenters. The predicted molar refractivity (Wildman–Crippen MR) is 69.9 cm³/mol. The SMILES string of the molecule is C.Cc1ccc(-c2cc(=S)ss2)cc1. The van der Waals surface area contributed by atoms with E-state index >= 15 is 0 Å². The van der Waals surface area contributed by atoms with Crippen LogP contribution in [0.5, 0.6) is 0 Å². The molecule has 1 aromatic carbocycles. The second-order valence-electron chi connectivity index (χ2n) is 2.86. The molecule has 2 aromatic rings. The highest BCUT2D eigenvalue weighted by Crippen LogP contribution is 2.29. The quantitative estimate of drug-likeness (QED) is 0.490. The summed E-state index contributed by atoms with van der Waals surface area (Å²) < 4.78 is 0.973. The third-order valence-electron chi connectivity index (χ3n) is 1.80. The molecular weight excluding hydrogens is 228 g/mol. The molecule has 0 spiro atoms. The Labute approximate surface area is 97.3 Å². The lowest BCUT2D eigenvalue weighted by Gasteiger charge is -1.96. The number of hydrogen-bond acceptors (Lipinski definition) is 3. The number of aryl methyl sites for hydroxylation is 1. The topological polar surface area (TPSA) is 0 Å². The lowest BCUT2D eigenvalue weighted by molar-refractivity contribution is 1.48. The van der Waals surface area contributed by atoms with Crippen LogP contribution in [0.3, 0.4) is 0 Å². The molecule has 1 aromatic heterocycles. The third-order valence-corrected chi connectivity index (χ3v) is 4.71. The summed E-state index contributed by atoms with van der Waals surface area (Å²) >= 11 is 5.09. The summed E-state index contributed by atoms with van der Waals surface area (Å²) in [6.45, 7) is 2.10. The van der Waals surface area contributed by atoms with Gasteiger partial charge in [0.05, 0.1) is 0 Å². The maximum Gasteiger partial charge on any atom is 0.102 e. The van der Waals surface area contributed by atoms with Crippen molar-refractivity contribution < 1.29 is 0 Å². The fraction of sp³-hybridized carbons (Fsp3) is 0.182. The smallest absolute Gasteiger partial charge is 0.0786 e. The van der Waals surface area contributed by atoms with Gasteiger partial charge >= 0.3 is 0 Å². The first kappa shape index (κ1) is 11.6. The monoisotopic (exact) mass is 240 g/mol. The van der Waals surface area contributed by atoms with Gasteiger partial charge in [-0.25, -0.2) is 0 Å². The Morgan fingerprint density at radius 2 is 1.71 bits per heavy atom. The van der Waals surface area contributed by atoms with Crippen molar-refractivity contribution in [2.24, 2.45) is 0 Å². The molecule has 14 heavy (non-hydrogen) atoms. The van der Waals surface area contributed by atoms with Gasteiger partial charge in [-0.15, -0.1) is 0 Å². The van der Waals surface area contributed by atoms with Gasteiger partial charge in [-0.3, -0.25) is 0 Å². The Kier molecular flexibility index (Phi) is 3.98. The molecule has 0 aliphatic carbocycles. The van der Waals surface area contributed by atoms with E-state index in [0.717, 1.165) is 3.82 Å². The molecule has 1 heterocycles. The van der Waals surface area contributed by atoms with Crippen LogP contribution in [0.15, 0.2) is 30.3 Å². The van der Waals surface area contributed by atoms with Crippen molar-refractivity contribution in [3.05, 3.63) is 39.7 Å². The van der Waals surface area contributed by atoms with Crippen LogP contribution in [0.2, 0.25) is 0 Å². The van der Waals surface area contributed by atoms with Crippen LogP contribution in [0.25, 0.3) is 10.4 Å². The van der Waals surface area contributed by atoms with E-state index in [9.17, 15) is 0 Å². The molecule has 0 unspecified atom stereocenters. The molecule has 0 aliphatic heterocycles. The van der Waals surface area contributed by atoms with Gasteiger partial charge in [0.15, 0.2) is 0 Å². The molecule has 0 nitrogen and oxygen atoms in total. The zero-order chi connectivity index (χ0) is 9.26. The molecule has 0 fully saturated rings. The van der Waals surface area contributed by atoms with E-state index in [1.165, 1.54) is 16.0 Å². The molecule has 2 rings (SSSR count). The summed E-state index contributed by atoms with van der Waals surface area (Å²) in [5.41, 5.74) is 2.56. The van der Waals surface area contributed by atoms with E-state index in [4.69, 9.17) is 12.2 Å². The van der Waals surface area contributed by atoms with E-state index in [0.29, 0.717) is 0 Å². The zero-order valence-electron chi connectivity index (χ0n) is 7.11. The van der Waals surface area contributed by atoms with Crippen molar-refractivity contribution in [3.8, 4) is 10.4 Å². The van der Waals surface area contributed by atoms with Gasteiger partial charge in [-0.05, 0) is 18.6 Å². The Balaban J connectivity index is 0.000000980. The van der Waals surface area contributed by atoms with E-state index < -0.39 is 0 Å². The van der Waals surface area contributed by atoms with Gasteiger partial charge in [-0.1, -0.05) is 70.2 Å². The summed E-state index contributed by atoms with van der Waals surface area (Å²) in [5, 5.41) is 0. The standard InChI is InChI=1S/C10H8S3.CH4/c1-7-2-4-8(5-3-7)9-6-10(11)13-12-9;/h2-6H,1H3;1H4. The molecule has 0 aliphatic rings. The Hall–Kier alpha value is -0.510. The van der Waals surface area contributed by atoms with E-state index in [2.05, 4.69) is 37.3 Å². The fourth-order valence-corrected chi connectivity index (χ4v) is 3.49. The van der Waals surface area contributed by atoms with Crippen molar-refractivity contribution in [2.45, 2.75) is 14.4 Å². The first-order valence-electron chi connectivity index (χ1n) is 3.93. The average Bonchev–Trinajstić information content (AvgIpc) is 2.53. The summed E-state index contributed by atoms with van der Waals surface area (Å²) in [6, 6.07) is 10.6. The highest BCUT2D eigenvalue weighted by Gasteiger charge is 1.98. The molecule has 74 valence electrons. The van der Waals surface area contributed by atoms with Crippen molar-refractivity contribution in [1.29, 1.82) is 0 Å². The Morgan fingerprint density at radius 1 is 1.07 bits per heavy atom. The second-order valence-corrected chi connectivity index (χ2v) is 5.77. The molecule has 3 heteroatoms. The van der Waals surface area contributed by atoms with Crippen LogP contribution in [-0.2, 0) is 0 Å². The van der Waals surface area contributed by atoms with Crippen LogP contribution < -0.4 is 0 Å². The van der Waals surface area contributed by atoms with E-state index in [1.54, 1.807) is 20.7 Å². The first-order chi connectivity index (χ1) is 6.25. The molecule has 0 radical (unpaired) electrons. The van der Waals surface area contributed by atoms with Crippen molar-refractivity contribution in [1.82, 2.24) is 0 Å². The van der Waals surface area contributed by atoms with Gasteiger partial charge in [-0.2, -0.15) is 0 Å². The van der Waals surface area contributed by atoms with Crippen molar-refractivity contribution >= 4 is 32.9 Å². The molecular formula is C11H12S3.